The summed E-state index contributed by atoms with van der Waals surface area (Å²) < 4.78 is 0. The van der Waals surface area contributed by atoms with Crippen LogP contribution in [-0.4, -0.2) is 64.5 Å². The smallest absolute Gasteiger partial charge is 0.326 e. The quantitative estimate of drug-likeness (QED) is 0.152. The van der Waals surface area contributed by atoms with Crippen LogP contribution in [0, 0.1) is 0 Å². The van der Waals surface area contributed by atoms with E-state index < -0.39 is 60.6 Å². The summed E-state index contributed by atoms with van der Waals surface area (Å²) in [5, 5.41) is 22.3. The van der Waals surface area contributed by atoms with Gasteiger partial charge in [-0.15, -0.1) is 0 Å². The average Bonchev–Trinajstić information content (AvgIpc) is 2.56. The molecule has 0 aromatic carbocycles. The number of rotatable bonds is 14. The van der Waals surface area contributed by atoms with E-state index in [2.05, 4.69) is 10.6 Å². The van der Waals surface area contributed by atoms with Gasteiger partial charge in [0, 0.05) is 6.42 Å². The number of hydrogen-bond donors (Lipinski definition) is 7. The van der Waals surface area contributed by atoms with Crippen molar-refractivity contribution in [2.45, 2.75) is 56.7 Å². The van der Waals surface area contributed by atoms with Crippen LogP contribution in [-0.2, 0) is 24.0 Å². The molecule has 0 unspecified atom stereocenters. The molecule has 10 N–H and O–H groups in total. The zero-order valence-corrected chi connectivity index (χ0v) is 14.8. The van der Waals surface area contributed by atoms with Crippen molar-refractivity contribution in [3.8, 4) is 0 Å². The van der Waals surface area contributed by atoms with E-state index in [0.717, 1.165) is 0 Å². The molecule has 0 aliphatic rings. The van der Waals surface area contributed by atoms with E-state index in [1.165, 1.54) is 0 Å². The van der Waals surface area contributed by atoms with Gasteiger partial charge in [-0.05, 0) is 32.2 Å². The number of carboxylic acid groups (broad SMARTS) is 2. The lowest BCUT2D eigenvalue weighted by Crippen LogP contribution is -2.54. The number of unbranched alkanes of at least 4 members (excludes halogenated alkanes) is 1. The lowest BCUT2D eigenvalue weighted by Gasteiger charge is -2.22. The fourth-order valence-corrected chi connectivity index (χ4v) is 2.15. The molecule has 3 atom stereocenters. The Balaban J connectivity index is 5.03. The van der Waals surface area contributed by atoms with Crippen molar-refractivity contribution < 1.29 is 34.2 Å². The Morgan fingerprint density at radius 1 is 0.889 bits per heavy atom. The standard InChI is InChI=1S/C15H27N5O7/c16-6-2-1-3-9(19-13(24)8(17)7-11(18)21)14(25)20-10(15(26)27)4-5-12(22)23/h8-10H,1-7,16-17H2,(H2,18,21)(H,19,24)(H,20,25)(H,22,23)(H,26,27)/t8-,9-,10-/m0/s1. The molecule has 0 aliphatic carbocycles. The summed E-state index contributed by atoms with van der Waals surface area (Å²) in [7, 11) is 0. The van der Waals surface area contributed by atoms with E-state index in [1.54, 1.807) is 0 Å². The van der Waals surface area contributed by atoms with Gasteiger partial charge < -0.3 is 38.0 Å². The largest absolute Gasteiger partial charge is 0.481 e. The zero-order chi connectivity index (χ0) is 21.0. The minimum Gasteiger partial charge on any atom is -0.481 e. The second-order valence-electron chi connectivity index (χ2n) is 5.95. The molecule has 154 valence electrons. The Kier molecular flexibility index (Phi) is 11.3. The third-order valence-electron chi connectivity index (χ3n) is 3.60. The minimum atomic E-state index is -1.43. The molecule has 0 rings (SSSR count). The molecular weight excluding hydrogens is 362 g/mol. The predicted molar refractivity (Wildman–Crippen MR) is 93.1 cm³/mol. The number of carbonyl (C=O) groups excluding carboxylic acids is 3. The van der Waals surface area contributed by atoms with Crippen LogP contribution in [0.2, 0.25) is 0 Å². The van der Waals surface area contributed by atoms with Crippen molar-refractivity contribution in [2.24, 2.45) is 17.2 Å². The highest BCUT2D eigenvalue weighted by atomic mass is 16.4. The lowest BCUT2D eigenvalue weighted by molar-refractivity contribution is -0.143. The van der Waals surface area contributed by atoms with E-state index >= 15 is 0 Å². The first-order valence-corrected chi connectivity index (χ1v) is 8.37. The first-order chi connectivity index (χ1) is 12.6. The van der Waals surface area contributed by atoms with Gasteiger partial charge in [0.25, 0.3) is 0 Å². The molecule has 3 amide bonds. The summed E-state index contributed by atoms with van der Waals surface area (Å²) in [6.07, 6.45) is -0.00415. The number of hydrogen-bond acceptors (Lipinski definition) is 7. The molecule has 27 heavy (non-hydrogen) atoms. The van der Waals surface area contributed by atoms with Crippen LogP contribution in [0.25, 0.3) is 0 Å². The van der Waals surface area contributed by atoms with Gasteiger partial charge in [0.15, 0.2) is 0 Å². The summed E-state index contributed by atoms with van der Waals surface area (Å²) in [6.45, 7) is 0.361. The number of carbonyl (C=O) groups is 5. The number of aliphatic carboxylic acids is 2. The van der Waals surface area contributed by atoms with E-state index in [-0.39, 0.29) is 12.8 Å². The molecule has 0 aliphatic heterocycles. The highest BCUT2D eigenvalue weighted by Crippen LogP contribution is 2.05. The molecule has 12 heteroatoms. The molecule has 0 bridgehead atoms. The molecule has 0 aromatic heterocycles. The summed E-state index contributed by atoms with van der Waals surface area (Å²) in [5.41, 5.74) is 15.9. The highest BCUT2D eigenvalue weighted by Gasteiger charge is 2.28. The van der Waals surface area contributed by atoms with Crippen molar-refractivity contribution in [1.29, 1.82) is 0 Å². The second-order valence-corrected chi connectivity index (χ2v) is 5.95. The van der Waals surface area contributed by atoms with E-state index in [1.807, 2.05) is 0 Å². The van der Waals surface area contributed by atoms with Crippen LogP contribution < -0.4 is 27.8 Å². The van der Waals surface area contributed by atoms with Gasteiger partial charge in [0.1, 0.15) is 12.1 Å². The Hall–Kier alpha value is -2.73. The lowest BCUT2D eigenvalue weighted by atomic mass is 10.1. The van der Waals surface area contributed by atoms with Crippen LogP contribution in [0.5, 0.6) is 0 Å². The number of nitrogens with one attached hydrogen (secondary N) is 2. The Bertz CT molecular complexity index is 555. The van der Waals surface area contributed by atoms with E-state index in [9.17, 15) is 24.0 Å². The van der Waals surface area contributed by atoms with Crippen LogP contribution >= 0.6 is 0 Å². The van der Waals surface area contributed by atoms with Crippen molar-refractivity contribution in [3.63, 3.8) is 0 Å². The SMILES string of the molecule is NCCCC[C@H](NC(=O)[C@@H](N)CC(N)=O)C(=O)N[C@@H](CCC(=O)O)C(=O)O. The normalized spacial score (nSPS) is 13.9. The van der Waals surface area contributed by atoms with Crippen molar-refractivity contribution >= 4 is 29.7 Å². The Morgan fingerprint density at radius 2 is 1.48 bits per heavy atom. The monoisotopic (exact) mass is 389 g/mol. The molecular formula is C15H27N5O7. The molecule has 0 radical (unpaired) electrons. The number of primary amides is 1. The Labute approximate surface area is 155 Å². The van der Waals surface area contributed by atoms with Gasteiger partial charge in [0.2, 0.25) is 17.7 Å². The van der Waals surface area contributed by atoms with Gasteiger partial charge in [-0.25, -0.2) is 4.79 Å². The molecule has 0 spiro atoms. The third kappa shape index (κ3) is 10.8. The maximum absolute atomic E-state index is 12.4. The maximum atomic E-state index is 12.4. The van der Waals surface area contributed by atoms with Crippen LogP contribution in [0.3, 0.4) is 0 Å². The average molecular weight is 389 g/mol. The van der Waals surface area contributed by atoms with E-state index in [4.69, 9.17) is 27.4 Å². The number of amides is 3. The predicted octanol–water partition coefficient (Wildman–Crippen LogP) is -2.76. The minimum absolute atomic E-state index is 0.156. The highest BCUT2D eigenvalue weighted by molar-refractivity contribution is 5.93. The van der Waals surface area contributed by atoms with Gasteiger partial charge in [0.05, 0.1) is 12.5 Å². The van der Waals surface area contributed by atoms with Crippen LogP contribution in [0.4, 0.5) is 0 Å². The fraction of sp³-hybridized carbons (Fsp3) is 0.667. The van der Waals surface area contributed by atoms with Crippen molar-refractivity contribution in [2.75, 3.05) is 6.54 Å². The van der Waals surface area contributed by atoms with Crippen LogP contribution in [0.1, 0.15) is 38.5 Å². The number of carboxylic acids is 2. The van der Waals surface area contributed by atoms with Crippen molar-refractivity contribution in [1.82, 2.24) is 10.6 Å². The summed E-state index contributed by atoms with van der Waals surface area (Å²) in [4.78, 5) is 57.0. The van der Waals surface area contributed by atoms with Gasteiger partial charge >= 0.3 is 11.9 Å². The zero-order valence-electron chi connectivity index (χ0n) is 14.8. The van der Waals surface area contributed by atoms with Gasteiger partial charge in [-0.1, -0.05) is 0 Å². The molecule has 0 saturated heterocycles. The summed E-state index contributed by atoms with van der Waals surface area (Å²) in [6, 6.07) is -3.80. The van der Waals surface area contributed by atoms with Crippen LogP contribution in [0.15, 0.2) is 0 Å². The van der Waals surface area contributed by atoms with Gasteiger partial charge in [-0.3, -0.25) is 19.2 Å². The number of nitrogens with two attached hydrogens (primary N) is 3. The third-order valence-corrected chi connectivity index (χ3v) is 3.60. The molecule has 0 fully saturated rings. The van der Waals surface area contributed by atoms with Gasteiger partial charge in [-0.2, -0.15) is 0 Å². The maximum Gasteiger partial charge on any atom is 0.326 e. The topological polar surface area (TPSA) is 228 Å². The fourth-order valence-electron chi connectivity index (χ4n) is 2.15. The summed E-state index contributed by atoms with van der Waals surface area (Å²) in [5.74, 6) is -4.99. The molecule has 12 nitrogen and oxygen atoms in total. The molecule has 0 heterocycles. The van der Waals surface area contributed by atoms with E-state index in [0.29, 0.717) is 19.4 Å². The Morgan fingerprint density at radius 3 is 1.96 bits per heavy atom. The first kappa shape index (κ1) is 24.3. The first-order valence-electron chi connectivity index (χ1n) is 8.37. The molecule has 0 aromatic rings. The molecule has 0 saturated carbocycles. The summed E-state index contributed by atoms with van der Waals surface area (Å²) >= 11 is 0. The van der Waals surface area contributed by atoms with Crippen molar-refractivity contribution in [3.05, 3.63) is 0 Å². The second kappa shape index (κ2) is 12.6.